The molecule has 0 aliphatic carbocycles. The predicted octanol–water partition coefficient (Wildman–Crippen LogP) is 3.84. The highest BCUT2D eigenvalue weighted by Crippen LogP contribution is 2.33. The summed E-state index contributed by atoms with van der Waals surface area (Å²) < 4.78 is 52.1. The Hall–Kier alpha value is -0.850. The average molecular weight is 341 g/mol. The van der Waals surface area contributed by atoms with Crippen LogP contribution in [0.4, 0.5) is 17.6 Å². The van der Waals surface area contributed by atoms with Gasteiger partial charge in [-0.1, -0.05) is 6.07 Å². The maximum atomic E-state index is 13.1. The summed E-state index contributed by atoms with van der Waals surface area (Å²) in [6, 6.07) is 3.17. The summed E-state index contributed by atoms with van der Waals surface area (Å²) in [4.78, 5) is 1.94. The largest absolute Gasteiger partial charge is 0.416 e. The molecule has 1 unspecified atom stereocenters. The molecule has 2 rings (SSSR count). The Morgan fingerprint density at radius 2 is 1.95 bits per heavy atom. The van der Waals surface area contributed by atoms with Gasteiger partial charge < -0.3 is 5.32 Å². The summed E-state index contributed by atoms with van der Waals surface area (Å²) in [5, 5.41) is 3.28. The fraction of sp³-hybridized carbons (Fsp3) is 0.600. The van der Waals surface area contributed by atoms with Gasteiger partial charge in [-0.2, -0.15) is 13.2 Å². The van der Waals surface area contributed by atoms with Crippen molar-refractivity contribution in [2.24, 2.45) is 0 Å². The van der Waals surface area contributed by atoms with E-state index in [9.17, 15) is 17.6 Å². The number of hydrogen-bond donors (Lipinski definition) is 1. The van der Waals surface area contributed by atoms with Crippen LogP contribution in [-0.2, 0) is 12.7 Å². The summed E-state index contributed by atoms with van der Waals surface area (Å²) in [5.41, 5.74) is -0.746. The number of alkyl halides is 3. The van der Waals surface area contributed by atoms with Crippen molar-refractivity contribution in [3.63, 3.8) is 0 Å². The third-order valence-corrected chi connectivity index (χ3v) is 3.97. The number of halogens is 5. The minimum absolute atomic E-state index is 0. The van der Waals surface area contributed by atoms with Crippen molar-refractivity contribution in [3.8, 4) is 0 Å². The van der Waals surface area contributed by atoms with Crippen molar-refractivity contribution in [1.29, 1.82) is 0 Å². The third kappa shape index (κ3) is 5.11. The molecule has 1 fully saturated rings. The topological polar surface area (TPSA) is 15.3 Å². The maximum Gasteiger partial charge on any atom is 0.416 e. The number of nitrogens with one attached hydrogen (secondary N) is 1. The van der Waals surface area contributed by atoms with Crippen LogP contribution in [0.15, 0.2) is 18.2 Å². The van der Waals surface area contributed by atoms with Crippen LogP contribution in [0.1, 0.15) is 30.4 Å². The van der Waals surface area contributed by atoms with E-state index < -0.39 is 17.6 Å². The van der Waals surface area contributed by atoms with Crippen molar-refractivity contribution >= 4 is 12.4 Å². The number of benzene rings is 1. The first-order valence-electron chi connectivity index (χ1n) is 7.14. The number of hydrogen-bond acceptors (Lipinski definition) is 2. The molecule has 22 heavy (non-hydrogen) atoms. The summed E-state index contributed by atoms with van der Waals surface area (Å²) in [6.07, 6.45) is -1.63. The van der Waals surface area contributed by atoms with E-state index in [1.165, 1.54) is 6.07 Å². The van der Waals surface area contributed by atoms with E-state index in [2.05, 4.69) is 5.32 Å². The molecule has 0 radical (unpaired) electrons. The molecule has 1 aliphatic heterocycles. The second-order valence-electron chi connectivity index (χ2n) is 5.55. The van der Waals surface area contributed by atoms with Crippen LogP contribution < -0.4 is 5.32 Å². The molecule has 126 valence electrons. The Bertz CT molecular complexity index is 471. The van der Waals surface area contributed by atoms with Gasteiger partial charge in [0, 0.05) is 12.6 Å². The normalized spacial score (nSPS) is 19.6. The zero-order valence-electron chi connectivity index (χ0n) is 12.4. The van der Waals surface area contributed by atoms with E-state index in [0.717, 1.165) is 38.4 Å². The van der Waals surface area contributed by atoms with Crippen LogP contribution in [0.2, 0.25) is 0 Å². The van der Waals surface area contributed by atoms with E-state index in [0.29, 0.717) is 6.07 Å². The highest BCUT2D eigenvalue weighted by molar-refractivity contribution is 5.85. The van der Waals surface area contributed by atoms with Crippen LogP contribution in [0.25, 0.3) is 0 Å². The quantitative estimate of drug-likeness (QED) is 0.841. The van der Waals surface area contributed by atoms with Gasteiger partial charge in [0.15, 0.2) is 0 Å². The van der Waals surface area contributed by atoms with Crippen LogP contribution >= 0.6 is 12.4 Å². The fourth-order valence-corrected chi connectivity index (χ4v) is 2.79. The second-order valence-corrected chi connectivity index (χ2v) is 5.55. The Balaban J connectivity index is 0.00000242. The van der Waals surface area contributed by atoms with Crippen molar-refractivity contribution in [2.75, 3.05) is 20.1 Å². The summed E-state index contributed by atoms with van der Waals surface area (Å²) in [5.74, 6) is -0.854. The van der Waals surface area contributed by atoms with Gasteiger partial charge >= 0.3 is 6.18 Å². The zero-order chi connectivity index (χ0) is 15.5. The summed E-state index contributed by atoms with van der Waals surface area (Å²) in [6.45, 7) is 2.01. The van der Waals surface area contributed by atoms with E-state index >= 15 is 0 Å². The maximum absolute atomic E-state index is 13.1. The van der Waals surface area contributed by atoms with Crippen LogP contribution in [0.5, 0.6) is 0 Å². The predicted molar refractivity (Wildman–Crippen MR) is 80.6 cm³/mol. The summed E-state index contributed by atoms with van der Waals surface area (Å²) >= 11 is 0. The highest BCUT2D eigenvalue weighted by atomic mass is 35.5. The average Bonchev–Trinajstić information content (AvgIpc) is 2.68. The molecule has 0 saturated carbocycles. The monoisotopic (exact) mass is 340 g/mol. The van der Waals surface area contributed by atoms with Gasteiger partial charge in [0.25, 0.3) is 0 Å². The van der Waals surface area contributed by atoms with E-state index in [1.807, 2.05) is 11.9 Å². The molecule has 1 aliphatic rings. The third-order valence-electron chi connectivity index (χ3n) is 3.97. The summed E-state index contributed by atoms with van der Waals surface area (Å²) in [7, 11) is 1.83. The fourth-order valence-electron chi connectivity index (χ4n) is 2.79. The molecule has 1 heterocycles. The molecule has 0 aromatic heterocycles. The van der Waals surface area contributed by atoms with Crippen LogP contribution in [-0.4, -0.2) is 31.1 Å². The second kappa shape index (κ2) is 8.13. The van der Waals surface area contributed by atoms with Gasteiger partial charge in [0.05, 0.1) is 5.56 Å². The number of nitrogens with zero attached hydrogens (tertiary/aromatic N) is 1. The molecular formula is C15H21ClF4N2. The van der Waals surface area contributed by atoms with Crippen molar-refractivity contribution in [2.45, 2.75) is 38.0 Å². The lowest BCUT2D eigenvalue weighted by atomic mass is 10.0. The lowest BCUT2D eigenvalue weighted by molar-refractivity contribution is -0.138. The first-order valence-corrected chi connectivity index (χ1v) is 7.14. The van der Waals surface area contributed by atoms with Crippen LogP contribution in [0, 0.1) is 5.82 Å². The minimum Gasteiger partial charge on any atom is -0.317 e. The van der Waals surface area contributed by atoms with E-state index in [1.54, 1.807) is 0 Å². The van der Waals surface area contributed by atoms with Gasteiger partial charge in [0.1, 0.15) is 5.82 Å². The lowest BCUT2D eigenvalue weighted by Crippen LogP contribution is -2.32. The molecule has 0 amide bonds. The molecule has 1 saturated heterocycles. The van der Waals surface area contributed by atoms with Crippen molar-refractivity contribution in [3.05, 3.63) is 35.1 Å². The Morgan fingerprint density at radius 3 is 2.64 bits per heavy atom. The molecule has 2 nitrogen and oxygen atoms in total. The molecule has 0 spiro atoms. The van der Waals surface area contributed by atoms with Crippen LogP contribution in [0.3, 0.4) is 0 Å². The van der Waals surface area contributed by atoms with Gasteiger partial charge in [-0.05, 0) is 57.1 Å². The zero-order valence-corrected chi connectivity index (χ0v) is 13.2. The molecule has 1 atom stereocenters. The number of rotatable bonds is 3. The first-order chi connectivity index (χ1) is 9.88. The van der Waals surface area contributed by atoms with Crippen molar-refractivity contribution in [1.82, 2.24) is 10.2 Å². The first kappa shape index (κ1) is 19.2. The van der Waals surface area contributed by atoms with Crippen molar-refractivity contribution < 1.29 is 17.6 Å². The Kier molecular flexibility index (Phi) is 7.09. The van der Waals surface area contributed by atoms with E-state index in [4.69, 9.17) is 0 Å². The molecule has 1 aromatic carbocycles. The molecule has 0 bridgehead atoms. The highest BCUT2D eigenvalue weighted by Gasteiger charge is 2.34. The molecular weight excluding hydrogens is 320 g/mol. The van der Waals surface area contributed by atoms with E-state index in [-0.39, 0.29) is 30.6 Å². The van der Waals surface area contributed by atoms with Gasteiger partial charge in [-0.15, -0.1) is 12.4 Å². The standard InChI is InChI=1S/C15H20F4N2.ClH/c1-21(13-3-2-7-20-8-6-13)10-11-4-5-12(16)9-14(11)15(17,18)19;/h4-5,9,13,20H,2-3,6-8,10H2,1H3;1H. The van der Waals surface area contributed by atoms with Gasteiger partial charge in [-0.25, -0.2) is 4.39 Å². The Labute approximate surface area is 134 Å². The SMILES string of the molecule is CN(Cc1ccc(F)cc1C(F)(F)F)C1CCCNCC1.Cl. The Morgan fingerprint density at radius 1 is 1.23 bits per heavy atom. The molecule has 7 heteroatoms. The minimum atomic E-state index is -4.52. The lowest BCUT2D eigenvalue weighted by Gasteiger charge is -2.28. The van der Waals surface area contributed by atoms with Gasteiger partial charge in [0.2, 0.25) is 0 Å². The molecule has 1 N–H and O–H groups in total. The smallest absolute Gasteiger partial charge is 0.317 e. The van der Waals surface area contributed by atoms with Gasteiger partial charge in [-0.3, -0.25) is 4.90 Å². The molecule has 1 aromatic rings.